The van der Waals surface area contributed by atoms with E-state index in [1.165, 1.54) is 6.07 Å². The predicted molar refractivity (Wildman–Crippen MR) is 168 cm³/mol. The molecule has 0 saturated heterocycles. The summed E-state index contributed by atoms with van der Waals surface area (Å²) in [5.41, 5.74) is 11.5. The van der Waals surface area contributed by atoms with Gasteiger partial charge in [0.1, 0.15) is 5.65 Å². The summed E-state index contributed by atoms with van der Waals surface area (Å²) in [5, 5.41) is 14.6. The summed E-state index contributed by atoms with van der Waals surface area (Å²) in [6, 6.07) is 10.1. The van der Waals surface area contributed by atoms with Gasteiger partial charge in [0.25, 0.3) is 0 Å². The van der Waals surface area contributed by atoms with Crippen LogP contribution in [-0.4, -0.2) is 44.9 Å². The molecule has 1 unspecified atom stereocenters. The Hall–Kier alpha value is -4.15. The van der Waals surface area contributed by atoms with Crippen molar-refractivity contribution in [2.45, 2.75) is 59.2 Å². The molecule has 0 aliphatic heterocycles. The van der Waals surface area contributed by atoms with Crippen LogP contribution in [0.25, 0.3) is 16.8 Å². The first-order valence-corrected chi connectivity index (χ1v) is 14.9. The van der Waals surface area contributed by atoms with Gasteiger partial charge in [-0.15, -0.1) is 0 Å². The van der Waals surface area contributed by atoms with E-state index in [0.717, 1.165) is 35.8 Å². The van der Waals surface area contributed by atoms with E-state index >= 15 is 4.39 Å². The zero-order chi connectivity index (χ0) is 31.4. The minimum absolute atomic E-state index is 0.00365. The van der Waals surface area contributed by atoms with Crippen molar-refractivity contribution in [3.05, 3.63) is 95.3 Å². The van der Waals surface area contributed by atoms with E-state index in [1.807, 2.05) is 61.8 Å². The van der Waals surface area contributed by atoms with Gasteiger partial charge in [-0.25, -0.2) is 9.37 Å². The highest BCUT2D eigenvalue weighted by Crippen LogP contribution is 2.48. The fraction of sp³-hybridized carbons (Fsp3) is 0.382. The highest BCUT2D eigenvalue weighted by molar-refractivity contribution is 5.98. The van der Waals surface area contributed by atoms with Crippen molar-refractivity contribution < 1.29 is 18.6 Å². The molecule has 1 aliphatic carbocycles. The van der Waals surface area contributed by atoms with E-state index in [0.29, 0.717) is 47.1 Å². The maximum atomic E-state index is 15.3. The molecule has 4 N–H and O–H groups in total. The largest absolute Gasteiger partial charge is 0.489 e. The number of hydrogen-bond donors (Lipinski definition) is 3. The fourth-order valence-electron chi connectivity index (χ4n) is 5.60. The Balaban J connectivity index is 1.37. The third-order valence-corrected chi connectivity index (χ3v) is 8.65. The smallest absolute Gasteiger partial charge is 0.201 e. The number of benzene rings is 1. The van der Waals surface area contributed by atoms with Crippen molar-refractivity contribution in [2.24, 2.45) is 22.1 Å². The molecule has 4 aromatic rings. The van der Waals surface area contributed by atoms with Gasteiger partial charge in [-0.1, -0.05) is 19.9 Å². The standard InChI is InChI=1S/C34H40F2N6O2/c1-21(38-4)26(31(37)33(43)34(2,3)24-8-9-24)13-15-44-32-27(10-11-28(35)30(32)36)23-7-12-29-41-19-25(42(29)20-23)18-40-17-22-6-5-14-39-16-22/h5-7,10-12,14,16,19-20,24,33,40,43H,8-9,13,15,17-18,37H2,1-4H3/b31-26-,38-21?. The van der Waals surface area contributed by atoms with Crippen LogP contribution in [0.5, 0.6) is 5.75 Å². The number of aliphatic hydroxyl groups is 1. The first-order chi connectivity index (χ1) is 21.1. The van der Waals surface area contributed by atoms with E-state index in [-0.39, 0.29) is 24.2 Å². The van der Waals surface area contributed by atoms with Crippen LogP contribution in [0.1, 0.15) is 51.3 Å². The summed E-state index contributed by atoms with van der Waals surface area (Å²) in [5.74, 6) is -1.86. The Morgan fingerprint density at radius 1 is 1.18 bits per heavy atom. The molecule has 3 aromatic heterocycles. The number of nitrogens with two attached hydrogens (primary N) is 1. The summed E-state index contributed by atoms with van der Waals surface area (Å²) in [6.07, 6.45) is 8.69. The monoisotopic (exact) mass is 602 g/mol. The number of imidazole rings is 1. The average Bonchev–Trinajstić information content (AvgIpc) is 3.83. The molecule has 1 saturated carbocycles. The van der Waals surface area contributed by atoms with Crippen LogP contribution in [0.4, 0.5) is 8.78 Å². The van der Waals surface area contributed by atoms with E-state index < -0.39 is 17.7 Å². The Labute approximate surface area is 256 Å². The van der Waals surface area contributed by atoms with Gasteiger partial charge in [0.05, 0.1) is 24.6 Å². The number of halogens is 2. The number of aliphatic imine (C=N–C) groups is 1. The van der Waals surface area contributed by atoms with Crippen molar-refractivity contribution in [3.63, 3.8) is 0 Å². The van der Waals surface area contributed by atoms with E-state index in [9.17, 15) is 9.50 Å². The topological polar surface area (TPSA) is 110 Å². The van der Waals surface area contributed by atoms with Crippen molar-refractivity contribution in [3.8, 4) is 16.9 Å². The van der Waals surface area contributed by atoms with Gasteiger partial charge < -0.3 is 25.3 Å². The summed E-state index contributed by atoms with van der Waals surface area (Å²) in [4.78, 5) is 12.9. The number of ether oxygens (including phenoxy) is 1. The molecule has 232 valence electrons. The summed E-state index contributed by atoms with van der Waals surface area (Å²) in [6.45, 7) is 7.03. The van der Waals surface area contributed by atoms with Gasteiger partial charge in [-0.05, 0) is 72.6 Å². The van der Waals surface area contributed by atoms with E-state index in [2.05, 4.69) is 20.3 Å². The SMILES string of the molecule is CN=C(C)/C(CCOc1c(-c2ccc3ncc(CNCc4cccnc4)n3c2)ccc(F)c1F)=C(\N)C(O)C(C)(C)C1CC1. The fourth-order valence-corrected chi connectivity index (χ4v) is 5.60. The third-order valence-electron chi connectivity index (χ3n) is 8.65. The highest BCUT2D eigenvalue weighted by atomic mass is 19.2. The molecule has 0 radical (unpaired) electrons. The summed E-state index contributed by atoms with van der Waals surface area (Å²) in [7, 11) is 1.65. The molecule has 1 fully saturated rings. The average molecular weight is 603 g/mol. The van der Waals surface area contributed by atoms with Gasteiger partial charge >= 0.3 is 0 Å². The van der Waals surface area contributed by atoms with Gasteiger partial charge in [-0.3, -0.25) is 9.98 Å². The number of fused-ring (bicyclic) bond motifs is 1. The highest BCUT2D eigenvalue weighted by Gasteiger charge is 2.44. The first-order valence-electron chi connectivity index (χ1n) is 14.9. The van der Waals surface area contributed by atoms with Crippen molar-refractivity contribution in [1.82, 2.24) is 19.7 Å². The number of aliphatic hydroxyl groups excluding tert-OH is 1. The molecular weight excluding hydrogens is 562 g/mol. The number of hydrogen-bond acceptors (Lipinski definition) is 7. The van der Waals surface area contributed by atoms with Gasteiger partial charge in [0, 0.05) is 67.7 Å². The van der Waals surface area contributed by atoms with Gasteiger partial charge in [-0.2, -0.15) is 4.39 Å². The molecule has 44 heavy (non-hydrogen) atoms. The molecular formula is C34H40F2N6O2. The van der Waals surface area contributed by atoms with Crippen LogP contribution < -0.4 is 15.8 Å². The minimum atomic E-state index is -1.07. The molecule has 8 nitrogen and oxygen atoms in total. The Morgan fingerprint density at radius 2 is 1.98 bits per heavy atom. The molecule has 1 aromatic carbocycles. The molecule has 1 atom stereocenters. The molecule has 0 amide bonds. The van der Waals surface area contributed by atoms with Crippen LogP contribution in [0, 0.1) is 23.0 Å². The Bertz CT molecular complexity index is 1680. The molecule has 0 spiro atoms. The number of aromatic nitrogens is 3. The van der Waals surface area contributed by atoms with Crippen LogP contribution in [0.3, 0.4) is 0 Å². The maximum absolute atomic E-state index is 15.3. The minimum Gasteiger partial charge on any atom is -0.489 e. The number of rotatable bonds is 13. The Morgan fingerprint density at radius 3 is 2.68 bits per heavy atom. The van der Waals surface area contributed by atoms with Gasteiger partial charge in [0.2, 0.25) is 5.82 Å². The van der Waals surface area contributed by atoms with E-state index in [4.69, 9.17) is 10.5 Å². The lowest BCUT2D eigenvalue weighted by Crippen LogP contribution is -2.37. The van der Waals surface area contributed by atoms with Crippen molar-refractivity contribution in [2.75, 3.05) is 13.7 Å². The molecule has 1 aliphatic rings. The van der Waals surface area contributed by atoms with Crippen LogP contribution >= 0.6 is 0 Å². The lowest BCUT2D eigenvalue weighted by Gasteiger charge is -2.32. The second-order valence-corrected chi connectivity index (χ2v) is 11.9. The zero-order valence-corrected chi connectivity index (χ0v) is 25.6. The third kappa shape index (κ3) is 6.66. The number of pyridine rings is 2. The molecule has 0 bridgehead atoms. The zero-order valence-electron chi connectivity index (χ0n) is 25.6. The summed E-state index contributed by atoms with van der Waals surface area (Å²) < 4.78 is 37.6. The normalized spacial score (nSPS) is 15.4. The predicted octanol–water partition coefficient (Wildman–Crippen LogP) is 5.83. The Kier molecular flexibility index (Phi) is 9.41. The summed E-state index contributed by atoms with van der Waals surface area (Å²) >= 11 is 0. The second-order valence-electron chi connectivity index (χ2n) is 11.9. The van der Waals surface area contributed by atoms with Crippen LogP contribution in [-0.2, 0) is 13.1 Å². The number of nitrogens with one attached hydrogen (secondary N) is 1. The van der Waals surface area contributed by atoms with Crippen molar-refractivity contribution in [1.29, 1.82) is 0 Å². The first kappa shape index (κ1) is 31.3. The van der Waals surface area contributed by atoms with E-state index in [1.54, 1.807) is 19.4 Å². The maximum Gasteiger partial charge on any atom is 0.201 e. The second kappa shape index (κ2) is 13.2. The number of nitrogens with zero attached hydrogens (tertiary/aromatic N) is 4. The molecule has 10 heteroatoms. The van der Waals surface area contributed by atoms with Gasteiger partial charge in [0.15, 0.2) is 11.6 Å². The van der Waals surface area contributed by atoms with Crippen molar-refractivity contribution >= 4 is 11.4 Å². The lowest BCUT2D eigenvalue weighted by atomic mass is 9.78. The molecule has 5 rings (SSSR count). The lowest BCUT2D eigenvalue weighted by molar-refractivity contribution is 0.0614. The molecule has 3 heterocycles. The van der Waals surface area contributed by atoms with Crippen LogP contribution in [0.2, 0.25) is 0 Å². The quantitative estimate of drug-likeness (QED) is 0.166. The van der Waals surface area contributed by atoms with Crippen LogP contribution in [0.15, 0.2) is 77.4 Å².